The first-order valence-corrected chi connectivity index (χ1v) is 6.42. The van der Waals surface area contributed by atoms with Gasteiger partial charge in [0.05, 0.1) is 0 Å². The van der Waals surface area contributed by atoms with Crippen molar-refractivity contribution in [3.05, 3.63) is 65.9 Å². The Morgan fingerprint density at radius 1 is 1.00 bits per heavy atom. The molecule has 98 valence electrons. The molecule has 0 amide bonds. The van der Waals surface area contributed by atoms with Gasteiger partial charge in [0.25, 0.3) is 0 Å². The third-order valence-electron chi connectivity index (χ3n) is 3.15. The van der Waals surface area contributed by atoms with Crippen LogP contribution in [-0.4, -0.2) is 16.3 Å². The van der Waals surface area contributed by atoms with Gasteiger partial charge in [-0.05, 0) is 35.9 Å². The third kappa shape index (κ3) is 2.38. The summed E-state index contributed by atoms with van der Waals surface area (Å²) >= 11 is 0. The van der Waals surface area contributed by atoms with Crippen molar-refractivity contribution in [2.45, 2.75) is 6.92 Å². The highest BCUT2D eigenvalue weighted by molar-refractivity contribution is 6.02. The maximum absolute atomic E-state index is 10.0. The van der Waals surface area contributed by atoms with Gasteiger partial charge in [0.15, 0.2) is 5.82 Å². The number of aliphatic imine (C=N–C) groups is 1. The standard InChI is InChI=1S/C17H14N2O/c1-12-5-4-8-17(19-12)18-11-15-14-7-3-2-6-13(14)9-10-16(15)20/h2-11,20H,1H3. The molecule has 0 fully saturated rings. The number of benzene rings is 2. The number of hydrogen-bond acceptors (Lipinski definition) is 3. The second-order valence-electron chi connectivity index (χ2n) is 4.61. The Hall–Kier alpha value is -2.68. The summed E-state index contributed by atoms with van der Waals surface area (Å²) in [6.45, 7) is 1.93. The smallest absolute Gasteiger partial charge is 0.152 e. The lowest BCUT2D eigenvalue weighted by atomic mass is 10.0. The van der Waals surface area contributed by atoms with Crippen molar-refractivity contribution in [2.75, 3.05) is 0 Å². The minimum atomic E-state index is 0.222. The first-order chi connectivity index (χ1) is 9.74. The van der Waals surface area contributed by atoms with Crippen LogP contribution in [0.1, 0.15) is 11.3 Å². The molecule has 0 aliphatic heterocycles. The Balaban J connectivity index is 2.08. The first kappa shape index (κ1) is 12.4. The fraction of sp³-hybridized carbons (Fsp3) is 0.0588. The maximum Gasteiger partial charge on any atom is 0.152 e. The Morgan fingerprint density at radius 3 is 2.70 bits per heavy atom. The number of fused-ring (bicyclic) bond motifs is 1. The van der Waals surface area contributed by atoms with Crippen molar-refractivity contribution < 1.29 is 5.11 Å². The van der Waals surface area contributed by atoms with Crippen LogP contribution in [0.4, 0.5) is 5.82 Å². The van der Waals surface area contributed by atoms with Gasteiger partial charge in [-0.1, -0.05) is 36.4 Å². The third-order valence-corrected chi connectivity index (χ3v) is 3.15. The van der Waals surface area contributed by atoms with Crippen molar-refractivity contribution in [3.63, 3.8) is 0 Å². The summed E-state index contributed by atoms with van der Waals surface area (Å²) in [5, 5.41) is 12.1. The van der Waals surface area contributed by atoms with E-state index >= 15 is 0 Å². The zero-order valence-corrected chi connectivity index (χ0v) is 11.1. The lowest BCUT2D eigenvalue weighted by molar-refractivity contribution is 0.475. The van der Waals surface area contributed by atoms with E-state index in [0.29, 0.717) is 11.4 Å². The number of phenolic OH excluding ortho intramolecular Hbond substituents is 1. The van der Waals surface area contributed by atoms with E-state index in [1.54, 1.807) is 12.3 Å². The van der Waals surface area contributed by atoms with E-state index < -0.39 is 0 Å². The number of aromatic nitrogens is 1. The van der Waals surface area contributed by atoms with E-state index in [1.807, 2.05) is 55.5 Å². The highest BCUT2D eigenvalue weighted by atomic mass is 16.3. The molecule has 0 aliphatic rings. The highest BCUT2D eigenvalue weighted by Crippen LogP contribution is 2.26. The number of hydrogen-bond donors (Lipinski definition) is 1. The van der Waals surface area contributed by atoms with Gasteiger partial charge in [-0.25, -0.2) is 9.98 Å². The average molecular weight is 262 g/mol. The van der Waals surface area contributed by atoms with Gasteiger partial charge in [-0.2, -0.15) is 0 Å². The largest absolute Gasteiger partial charge is 0.507 e. The number of aryl methyl sites for hydroxylation is 1. The number of nitrogens with zero attached hydrogens (tertiary/aromatic N) is 2. The van der Waals surface area contributed by atoms with E-state index in [0.717, 1.165) is 16.5 Å². The molecule has 3 aromatic rings. The number of pyridine rings is 1. The SMILES string of the molecule is Cc1cccc(N=Cc2c(O)ccc3ccccc23)n1. The van der Waals surface area contributed by atoms with Gasteiger partial charge in [0, 0.05) is 17.5 Å². The second kappa shape index (κ2) is 5.13. The van der Waals surface area contributed by atoms with Crippen LogP contribution in [0.15, 0.2) is 59.6 Å². The van der Waals surface area contributed by atoms with Crippen molar-refractivity contribution in [2.24, 2.45) is 4.99 Å². The lowest BCUT2D eigenvalue weighted by Gasteiger charge is -2.04. The second-order valence-corrected chi connectivity index (χ2v) is 4.61. The predicted octanol–water partition coefficient (Wildman–Crippen LogP) is 4.00. The minimum absolute atomic E-state index is 0.222. The van der Waals surface area contributed by atoms with Gasteiger partial charge in [-0.3, -0.25) is 0 Å². The van der Waals surface area contributed by atoms with Gasteiger partial charge in [0.2, 0.25) is 0 Å². The summed E-state index contributed by atoms with van der Waals surface area (Å²) in [4.78, 5) is 8.67. The van der Waals surface area contributed by atoms with Gasteiger partial charge in [0.1, 0.15) is 5.75 Å². The van der Waals surface area contributed by atoms with Crippen LogP contribution < -0.4 is 0 Å². The zero-order chi connectivity index (χ0) is 13.9. The van der Waals surface area contributed by atoms with Crippen LogP contribution in [0.2, 0.25) is 0 Å². The number of rotatable bonds is 2. The van der Waals surface area contributed by atoms with Crippen LogP contribution >= 0.6 is 0 Å². The summed E-state index contributed by atoms with van der Waals surface area (Å²) in [6, 6.07) is 17.2. The molecule has 0 atom stereocenters. The highest BCUT2D eigenvalue weighted by Gasteiger charge is 2.04. The Labute approximate surface area is 117 Å². The van der Waals surface area contributed by atoms with Crippen molar-refractivity contribution in [1.29, 1.82) is 0 Å². The van der Waals surface area contributed by atoms with Crippen LogP contribution in [0.3, 0.4) is 0 Å². The quantitative estimate of drug-likeness (QED) is 0.709. The Kier molecular flexibility index (Phi) is 3.17. The Bertz CT molecular complexity index is 794. The summed E-state index contributed by atoms with van der Waals surface area (Å²) in [6.07, 6.45) is 1.67. The van der Waals surface area contributed by atoms with Crippen LogP contribution in [0.5, 0.6) is 5.75 Å². The van der Waals surface area contributed by atoms with E-state index in [1.165, 1.54) is 0 Å². The first-order valence-electron chi connectivity index (χ1n) is 6.42. The minimum Gasteiger partial charge on any atom is -0.507 e. The molecule has 0 unspecified atom stereocenters. The molecule has 1 N–H and O–H groups in total. The van der Waals surface area contributed by atoms with Crippen LogP contribution in [-0.2, 0) is 0 Å². The molecule has 0 saturated heterocycles. The monoisotopic (exact) mass is 262 g/mol. The van der Waals surface area contributed by atoms with Crippen molar-refractivity contribution in [1.82, 2.24) is 4.98 Å². The molecule has 2 aromatic carbocycles. The fourth-order valence-electron chi connectivity index (χ4n) is 2.15. The van der Waals surface area contributed by atoms with E-state index in [4.69, 9.17) is 0 Å². The van der Waals surface area contributed by atoms with Crippen molar-refractivity contribution >= 4 is 22.8 Å². The van der Waals surface area contributed by atoms with E-state index in [9.17, 15) is 5.11 Å². The summed E-state index contributed by atoms with van der Waals surface area (Å²) in [5.41, 5.74) is 1.63. The van der Waals surface area contributed by atoms with Crippen LogP contribution in [0.25, 0.3) is 10.8 Å². The molecule has 0 spiro atoms. The average Bonchev–Trinajstić information content (AvgIpc) is 2.46. The maximum atomic E-state index is 10.0. The molecule has 1 aromatic heterocycles. The van der Waals surface area contributed by atoms with E-state index in [-0.39, 0.29) is 5.75 Å². The molecule has 3 rings (SSSR count). The molecule has 0 saturated carbocycles. The summed E-state index contributed by atoms with van der Waals surface area (Å²) in [7, 11) is 0. The molecule has 3 heteroatoms. The summed E-state index contributed by atoms with van der Waals surface area (Å²) in [5.74, 6) is 0.859. The molecule has 0 aliphatic carbocycles. The number of phenols is 1. The van der Waals surface area contributed by atoms with Gasteiger partial charge < -0.3 is 5.11 Å². The zero-order valence-electron chi connectivity index (χ0n) is 11.1. The molecule has 0 radical (unpaired) electrons. The van der Waals surface area contributed by atoms with Crippen molar-refractivity contribution in [3.8, 4) is 5.75 Å². The molecule has 1 heterocycles. The Morgan fingerprint density at radius 2 is 1.85 bits per heavy atom. The molecular weight excluding hydrogens is 248 g/mol. The number of aromatic hydroxyl groups is 1. The van der Waals surface area contributed by atoms with Gasteiger partial charge in [-0.15, -0.1) is 0 Å². The molecule has 3 nitrogen and oxygen atoms in total. The van der Waals surface area contributed by atoms with Crippen LogP contribution in [0, 0.1) is 6.92 Å². The normalized spacial score (nSPS) is 11.2. The summed E-state index contributed by atoms with van der Waals surface area (Å²) < 4.78 is 0. The topological polar surface area (TPSA) is 45.5 Å². The predicted molar refractivity (Wildman–Crippen MR) is 81.8 cm³/mol. The molecule has 0 bridgehead atoms. The lowest BCUT2D eigenvalue weighted by Crippen LogP contribution is -1.86. The van der Waals surface area contributed by atoms with E-state index in [2.05, 4.69) is 9.98 Å². The van der Waals surface area contributed by atoms with Gasteiger partial charge >= 0.3 is 0 Å². The molecular formula is C17H14N2O. The fourth-order valence-corrected chi connectivity index (χ4v) is 2.15. The molecule has 20 heavy (non-hydrogen) atoms.